The topological polar surface area (TPSA) is 16.6 Å². The number of rotatable bonds is 4. The van der Waals surface area contributed by atoms with Crippen molar-refractivity contribution in [1.82, 2.24) is 0 Å². The average Bonchev–Trinajstić information content (AvgIpc) is 2.90. The first kappa shape index (κ1) is 7.81. The van der Waals surface area contributed by atoms with Gasteiger partial charge < -0.3 is 5.32 Å². The van der Waals surface area contributed by atoms with Gasteiger partial charge in [-0.3, -0.25) is 0 Å². The van der Waals surface area contributed by atoms with Crippen LogP contribution < -0.4 is 5.32 Å². The van der Waals surface area contributed by atoms with E-state index in [1.807, 2.05) is 0 Å². The Balaban J connectivity index is 1.72. The third kappa shape index (κ3) is 2.35. The number of quaternary nitrogens is 1. The van der Waals surface area contributed by atoms with E-state index >= 15 is 0 Å². The van der Waals surface area contributed by atoms with Gasteiger partial charge in [0.2, 0.25) is 0 Å². The Hall–Kier alpha value is -0.820. The molecular weight excluding hydrogens is 146 g/mol. The van der Waals surface area contributed by atoms with Crippen LogP contribution >= 0.6 is 0 Å². The highest BCUT2D eigenvalue weighted by Gasteiger charge is 2.22. The maximum Gasteiger partial charge on any atom is 0.101 e. The molecule has 64 valence electrons. The van der Waals surface area contributed by atoms with Crippen LogP contribution in [0, 0.1) is 5.92 Å². The fourth-order valence-electron chi connectivity index (χ4n) is 1.45. The molecule has 1 nitrogen and oxygen atoms in total. The third-order valence-electron chi connectivity index (χ3n) is 2.42. The maximum atomic E-state index is 2.42. The van der Waals surface area contributed by atoms with Crippen LogP contribution in [0.4, 0.5) is 0 Å². The smallest absolute Gasteiger partial charge is 0.101 e. The lowest BCUT2D eigenvalue weighted by Gasteiger charge is -1.99. The van der Waals surface area contributed by atoms with Crippen LogP contribution in [-0.2, 0) is 6.54 Å². The quantitative estimate of drug-likeness (QED) is 0.684. The second-order valence-electron chi connectivity index (χ2n) is 3.66. The highest BCUT2D eigenvalue weighted by Crippen LogP contribution is 2.26. The number of benzene rings is 1. The molecule has 0 bridgehead atoms. The Bertz CT molecular complexity index is 226. The largest absolute Gasteiger partial charge is 0.342 e. The molecule has 0 heterocycles. The van der Waals surface area contributed by atoms with Gasteiger partial charge in [0.1, 0.15) is 6.54 Å². The summed E-state index contributed by atoms with van der Waals surface area (Å²) >= 11 is 0. The molecule has 1 aromatic rings. The van der Waals surface area contributed by atoms with Crippen molar-refractivity contribution in [2.75, 3.05) is 6.54 Å². The molecule has 2 rings (SSSR count). The van der Waals surface area contributed by atoms with Crippen molar-refractivity contribution in [1.29, 1.82) is 0 Å². The monoisotopic (exact) mass is 162 g/mol. The summed E-state index contributed by atoms with van der Waals surface area (Å²) in [6.45, 7) is 2.48. The van der Waals surface area contributed by atoms with Crippen LogP contribution in [0.5, 0.6) is 0 Å². The van der Waals surface area contributed by atoms with E-state index in [4.69, 9.17) is 0 Å². The molecule has 2 N–H and O–H groups in total. The highest BCUT2D eigenvalue weighted by atomic mass is 14.9. The summed E-state index contributed by atoms with van der Waals surface area (Å²) in [6, 6.07) is 10.7. The molecule has 1 aliphatic rings. The fourth-order valence-corrected chi connectivity index (χ4v) is 1.45. The summed E-state index contributed by atoms with van der Waals surface area (Å²) in [4.78, 5) is 0. The van der Waals surface area contributed by atoms with Gasteiger partial charge in [0.25, 0.3) is 0 Å². The molecule has 0 aliphatic heterocycles. The summed E-state index contributed by atoms with van der Waals surface area (Å²) in [6.07, 6.45) is 2.93. The van der Waals surface area contributed by atoms with E-state index in [-0.39, 0.29) is 0 Å². The van der Waals surface area contributed by atoms with Crippen molar-refractivity contribution in [3.8, 4) is 0 Å². The summed E-state index contributed by atoms with van der Waals surface area (Å²) in [7, 11) is 0. The predicted octanol–water partition coefficient (Wildman–Crippen LogP) is 1.16. The molecule has 1 fully saturated rings. The van der Waals surface area contributed by atoms with Crippen LogP contribution in [-0.4, -0.2) is 6.54 Å². The fraction of sp³-hybridized carbons (Fsp3) is 0.455. The molecule has 0 saturated heterocycles. The Labute approximate surface area is 73.8 Å². The molecule has 1 aliphatic carbocycles. The molecule has 1 heteroatoms. The number of nitrogens with two attached hydrogens (primary N) is 1. The number of hydrogen-bond donors (Lipinski definition) is 1. The first-order valence-electron chi connectivity index (χ1n) is 4.81. The molecule has 0 aromatic heterocycles. The second-order valence-corrected chi connectivity index (χ2v) is 3.66. The van der Waals surface area contributed by atoms with Crippen LogP contribution in [0.25, 0.3) is 0 Å². The van der Waals surface area contributed by atoms with Gasteiger partial charge in [0.05, 0.1) is 6.54 Å². The van der Waals surface area contributed by atoms with Crippen LogP contribution in [0.15, 0.2) is 30.3 Å². The van der Waals surface area contributed by atoms with E-state index in [9.17, 15) is 0 Å². The molecule has 0 spiro atoms. The van der Waals surface area contributed by atoms with Gasteiger partial charge in [0, 0.05) is 11.5 Å². The third-order valence-corrected chi connectivity index (χ3v) is 2.42. The van der Waals surface area contributed by atoms with Gasteiger partial charge in [-0.15, -0.1) is 0 Å². The summed E-state index contributed by atoms with van der Waals surface area (Å²) < 4.78 is 0. The van der Waals surface area contributed by atoms with Gasteiger partial charge in [0.15, 0.2) is 0 Å². The van der Waals surface area contributed by atoms with Gasteiger partial charge in [-0.2, -0.15) is 0 Å². The van der Waals surface area contributed by atoms with E-state index in [1.54, 1.807) is 0 Å². The Morgan fingerprint density at radius 3 is 2.58 bits per heavy atom. The lowest BCUT2D eigenvalue weighted by molar-refractivity contribution is -0.673. The molecule has 12 heavy (non-hydrogen) atoms. The van der Waals surface area contributed by atoms with E-state index in [0.717, 1.165) is 12.5 Å². The van der Waals surface area contributed by atoms with Gasteiger partial charge >= 0.3 is 0 Å². The van der Waals surface area contributed by atoms with Crippen molar-refractivity contribution in [3.63, 3.8) is 0 Å². The minimum atomic E-state index is 1.04. The summed E-state index contributed by atoms with van der Waals surface area (Å²) in [5.41, 5.74) is 1.44. The lowest BCUT2D eigenvalue weighted by atomic mass is 10.2. The van der Waals surface area contributed by atoms with Gasteiger partial charge in [-0.1, -0.05) is 30.3 Å². The first-order valence-corrected chi connectivity index (χ1v) is 4.81. The summed E-state index contributed by atoms with van der Waals surface area (Å²) in [5, 5.41) is 2.42. The Morgan fingerprint density at radius 1 is 1.17 bits per heavy atom. The highest BCUT2D eigenvalue weighted by molar-refractivity contribution is 5.12. The minimum absolute atomic E-state index is 1.04. The first-order chi connectivity index (χ1) is 5.95. The molecule has 0 amide bonds. The van der Waals surface area contributed by atoms with Crippen LogP contribution in [0.2, 0.25) is 0 Å². The van der Waals surface area contributed by atoms with Crippen molar-refractivity contribution < 1.29 is 5.32 Å². The summed E-state index contributed by atoms with van der Waals surface area (Å²) in [5.74, 6) is 1.04. The standard InChI is InChI=1S/C11H15N/c1-2-4-10(5-3-1)8-12-9-11-6-7-11/h1-5,11-12H,6-9H2/p+1. The van der Waals surface area contributed by atoms with Gasteiger partial charge in [-0.25, -0.2) is 0 Å². The van der Waals surface area contributed by atoms with Crippen molar-refractivity contribution >= 4 is 0 Å². The second kappa shape index (κ2) is 3.72. The van der Waals surface area contributed by atoms with Crippen molar-refractivity contribution in [3.05, 3.63) is 35.9 Å². The Morgan fingerprint density at radius 2 is 1.92 bits per heavy atom. The molecule has 0 radical (unpaired) electrons. The minimum Gasteiger partial charge on any atom is -0.342 e. The predicted molar refractivity (Wildman–Crippen MR) is 49.7 cm³/mol. The van der Waals surface area contributed by atoms with E-state index in [2.05, 4.69) is 35.6 Å². The molecule has 1 saturated carbocycles. The zero-order valence-electron chi connectivity index (χ0n) is 7.37. The van der Waals surface area contributed by atoms with Crippen LogP contribution in [0.3, 0.4) is 0 Å². The Kier molecular flexibility index (Phi) is 2.42. The van der Waals surface area contributed by atoms with Crippen molar-refractivity contribution in [2.24, 2.45) is 5.92 Å². The van der Waals surface area contributed by atoms with E-state index in [0.29, 0.717) is 0 Å². The molecule has 0 unspecified atom stereocenters. The zero-order chi connectivity index (χ0) is 8.23. The lowest BCUT2D eigenvalue weighted by Crippen LogP contribution is -2.83. The SMILES string of the molecule is c1ccc(C[NH2+]CC2CC2)cc1. The molecule has 1 aromatic carbocycles. The van der Waals surface area contributed by atoms with Crippen LogP contribution in [0.1, 0.15) is 18.4 Å². The normalized spacial score (nSPS) is 16.3. The van der Waals surface area contributed by atoms with E-state index in [1.165, 1.54) is 24.9 Å². The molecular formula is C11H16N+. The van der Waals surface area contributed by atoms with E-state index < -0.39 is 0 Å². The number of hydrogen-bond acceptors (Lipinski definition) is 0. The maximum absolute atomic E-state index is 2.42. The van der Waals surface area contributed by atoms with Gasteiger partial charge in [-0.05, 0) is 12.8 Å². The zero-order valence-corrected chi connectivity index (χ0v) is 7.37. The van der Waals surface area contributed by atoms with Crippen molar-refractivity contribution in [2.45, 2.75) is 19.4 Å². The average molecular weight is 162 g/mol. The molecule has 0 atom stereocenters.